The zero-order chi connectivity index (χ0) is 8.36. The zero-order valence-corrected chi connectivity index (χ0v) is 5.74. The van der Waals surface area contributed by atoms with Gasteiger partial charge in [0.05, 0.1) is 0 Å². The average molecular weight is 145 g/mol. The van der Waals surface area contributed by atoms with E-state index in [1.807, 2.05) is 0 Å². The molecule has 0 spiro atoms. The van der Waals surface area contributed by atoms with Crippen LogP contribution in [0.2, 0.25) is 0 Å². The van der Waals surface area contributed by atoms with Gasteiger partial charge in [0.25, 0.3) is 5.91 Å². The molecule has 4 nitrogen and oxygen atoms in total. The lowest BCUT2D eigenvalue weighted by molar-refractivity contribution is -0.142. The van der Waals surface area contributed by atoms with Gasteiger partial charge >= 0.3 is 0 Å². The van der Waals surface area contributed by atoms with Crippen molar-refractivity contribution in [1.82, 2.24) is 0 Å². The van der Waals surface area contributed by atoms with Gasteiger partial charge in [-0.25, -0.2) is 0 Å². The largest absolute Gasteiger partial charge is 0.385 e. The third kappa shape index (κ3) is 1.55. The summed E-state index contributed by atoms with van der Waals surface area (Å²) in [6.07, 6.45) is -0.268. The van der Waals surface area contributed by atoms with Crippen molar-refractivity contribution in [3.05, 3.63) is 12.7 Å². The number of carbonyl (C=O) groups is 1. The lowest BCUT2D eigenvalue weighted by Crippen LogP contribution is -2.49. The third-order valence-corrected chi connectivity index (χ3v) is 1.30. The van der Waals surface area contributed by atoms with Crippen LogP contribution in [0.25, 0.3) is 0 Å². The van der Waals surface area contributed by atoms with Crippen LogP contribution in [0.5, 0.6) is 0 Å². The minimum Gasteiger partial charge on any atom is -0.385 e. The number of amides is 1. The van der Waals surface area contributed by atoms with E-state index >= 15 is 0 Å². The molecule has 0 rings (SSSR count). The third-order valence-electron chi connectivity index (χ3n) is 1.30. The fourth-order valence-electron chi connectivity index (χ4n) is 0.375. The molecule has 0 radical (unpaired) electrons. The van der Waals surface area contributed by atoms with Gasteiger partial charge in [-0.3, -0.25) is 4.79 Å². The van der Waals surface area contributed by atoms with E-state index in [0.29, 0.717) is 0 Å². The smallest absolute Gasteiger partial charge is 0.252 e. The van der Waals surface area contributed by atoms with Crippen molar-refractivity contribution in [2.45, 2.75) is 18.6 Å². The summed E-state index contributed by atoms with van der Waals surface area (Å²) in [6, 6.07) is 0. The van der Waals surface area contributed by atoms with E-state index in [2.05, 4.69) is 6.58 Å². The molecule has 0 aromatic heterocycles. The fourth-order valence-corrected chi connectivity index (χ4v) is 0.375. The second-order valence-corrected chi connectivity index (χ2v) is 2.19. The van der Waals surface area contributed by atoms with Crippen LogP contribution < -0.4 is 5.73 Å². The molecule has 0 aromatic rings. The molecule has 0 saturated carbocycles. The molecule has 0 heterocycles. The second-order valence-electron chi connectivity index (χ2n) is 2.19. The van der Waals surface area contributed by atoms with Gasteiger partial charge in [0.15, 0.2) is 5.60 Å². The van der Waals surface area contributed by atoms with Crippen molar-refractivity contribution in [2.24, 2.45) is 5.73 Å². The van der Waals surface area contributed by atoms with Crippen LogP contribution in [0, 0.1) is 0 Å². The molecule has 0 aliphatic rings. The first kappa shape index (κ1) is 9.13. The summed E-state index contributed by atoms with van der Waals surface area (Å²) in [4.78, 5) is 10.4. The number of primary amides is 1. The highest BCUT2D eigenvalue weighted by Crippen LogP contribution is 2.08. The van der Waals surface area contributed by atoms with Gasteiger partial charge in [0, 0.05) is 0 Å². The maximum absolute atomic E-state index is 10.4. The van der Waals surface area contributed by atoms with Crippen molar-refractivity contribution >= 4 is 5.91 Å². The molecule has 0 saturated heterocycles. The summed E-state index contributed by atoms with van der Waals surface area (Å²) in [5.41, 5.74) is 2.84. The van der Waals surface area contributed by atoms with Crippen molar-refractivity contribution in [1.29, 1.82) is 0 Å². The predicted molar refractivity (Wildman–Crippen MR) is 36.0 cm³/mol. The summed E-state index contributed by atoms with van der Waals surface area (Å²) in [6.45, 7) is 4.32. The number of aliphatic hydroxyl groups is 2. The molecule has 0 fully saturated rings. The first-order chi connectivity index (χ1) is 4.42. The van der Waals surface area contributed by atoms with Crippen LogP contribution in [0.3, 0.4) is 0 Å². The van der Waals surface area contributed by atoms with E-state index < -0.39 is 17.6 Å². The fraction of sp³-hybridized carbons (Fsp3) is 0.500. The van der Waals surface area contributed by atoms with Crippen molar-refractivity contribution < 1.29 is 15.0 Å². The normalized spacial score (nSPS) is 19.1. The Balaban J connectivity index is 4.38. The van der Waals surface area contributed by atoms with E-state index in [4.69, 9.17) is 15.9 Å². The molecule has 0 aromatic carbocycles. The molecule has 4 N–H and O–H groups in total. The van der Waals surface area contributed by atoms with Crippen molar-refractivity contribution in [3.63, 3.8) is 0 Å². The lowest BCUT2D eigenvalue weighted by Gasteiger charge is -2.22. The Kier molecular flexibility index (Phi) is 2.56. The van der Waals surface area contributed by atoms with Gasteiger partial charge in [-0.2, -0.15) is 0 Å². The monoisotopic (exact) mass is 145 g/mol. The molecular formula is C6H11NO3. The number of hydrogen-bond acceptors (Lipinski definition) is 3. The Morgan fingerprint density at radius 3 is 2.40 bits per heavy atom. The van der Waals surface area contributed by atoms with E-state index in [1.165, 1.54) is 0 Å². The Morgan fingerprint density at radius 2 is 2.30 bits per heavy atom. The first-order valence-electron chi connectivity index (χ1n) is 2.75. The number of hydrogen-bond donors (Lipinski definition) is 3. The van der Waals surface area contributed by atoms with Crippen molar-refractivity contribution in [3.8, 4) is 0 Å². The van der Waals surface area contributed by atoms with Crippen LogP contribution in [0.4, 0.5) is 0 Å². The highest BCUT2D eigenvalue weighted by Gasteiger charge is 2.34. The number of aliphatic hydroxyl groups excluding tert-OH is 1. The molecule has 0 bridgehead atoms. The minimum atomic E-state index is -1.91. The van der Waals surface area contributed by atoms with Crippen LogP contribution >= 0.6 is 0 Å². The molecule has 4 heteroatoms. The Labute approximate surface area is 59.0 Å². The van der Waals surface area contributed by atoms with Crippen LogP contribution in [-0.2, 0) is 4.79 Å². The van der Waals surface area contributed by atoms with Gasteiger partial charge in [-0.05, 0) is 6.92 Å². The van der Waals surface area contributed by atoms with Crippen molar-refractivity contribution in [2.75, 3.05) is 0 Å². The maximum atomic E-state index is 10.4. The molecule has 2 atom stereocenters. The maximum Gasteiger partial charge on any atom is 0.252 e. The quantitative estimate of drug-likeness (QED) is 0.435. The summed E-state index contributed by atoms with van der Waals surface area (Å²) in [7, 11) is 0. The highest BCUT2D eigenvalue weighted by atomic mass is 16.3. The van der Waals surface area contributed by atoms with Gasteiger partial charge in [0.2, 0.25) is 0 Å². The molecule has 10 heavy (non-hydrogen) atoms. The van der Waals surface area contributed by atoms with Gasteiger partial charge in [-0.1, -0.05) is 6.08 Å². The van der Waals surface area contributed by atoms with E-state index in [9.17, 15) is 4.79 Å². The molecule has 2 unspecified atom stereocenters. The van der Waals surface area contributed by atoms with E-state index in [-0.39, 0.29) is 0 Å². The average Bonchev–Trinajstić information content (AvgIpc) is 1.86. The lowest BCUT2D eigenvalue weighted by atomic mass is 9.99. The highest BCUT2D eigenvalue weighted by molar-refractivity contribution is 5.83. The molecule has 0 aliphatic heterocycles. The predicted octanol–water partition coefficient (Wildman–Crippen LogP) is -1.23. The van der Waals surface area contributed by atoms with Gasteiger partial charge in [-0.15, -0.1) is 6.58 Å². The van der Waals surface area contributed by atoms with Gasteiger partial charge in [0.1, 0.15) is 6.10 Å². The summed E-state index contributed by atoms with van der Waals surface area (Å²) in [5.74, 6) is -0.972. The number of rotatable bonds is 3. The SMILES string of the molecule is C=CC(O)C(C)(O)C(N)=O. The molecule has 1 amide bonds. The topological polar surface area (TPSA) is 83.6 Å². The zero-order valence-electron chi connectivity index (χ0n) is 5.74. The second kappa shape index (κ2) is 2.81. The van der Waals surface area contributed by atoms with Crippen LogP contribution in [-0.4, -0.2) is 27.8 Å². The first-order valence-corrected chi connectivity index (χ1v) is 2.75. The van der Waals surface area contributed by atoms with E-state index in [1.54, 1.807) is 0 Å². The minimum absolute atomic E-state index is 0.972. The molecule has 58 valence electrons. The number of carbonyl (C=O) groups excluding carboxylic acids is 1. The summed E-state index contributed by atoms with van der Waals surface area (Å²) >= 11 is 0. The summed E-state index contributed by atoms with van der Waals surface area (Å²) < 4.78 is 0. The number of nitrogens with two attached hydrogens (primary N) is 1. The standard InChI is InChI=1S/C6H11NO3/c1-3-4(8)6(2,10)5(7)9/h3-4,8,10H,1H2,2H3,(H2,7,9). The molecule has 0 aliphatic carbocycles. The van der Waals surface area contributed by atoms with Crippen LogP contribution in [0.1, 0.15) is 6.92 Å². The Hall–Kier alpha value is -0.870. The molecular weight excluding hydrogens is 134 g/mol. The van der Waals surface area contributed by atoms with E-state index in [0.717, 1.165) is 13.0 Å². The van der Waals surface area contributed by atoms with Gasteiger partial charge < -0.3 is 15.9 Å². The Morgan fingerprint density at radius 1 is 1.90 bits per heavy atom. The van der Waals surface area contributed by atoms with Crippen LogP contribution in [0.15, 0.2) is 12.7 Å². The Bertz CT molecular complexity index is 153. The summed E-state index contributed by atoms with van der Waals surface area (Å²) in [5, 5.41) is 18.0.